The number of hydrogen-bond acceptors (Lipinski definition) is 2. The summed E-state index contributed by atoms with van der Waals surface area (Å²) in [4.78, 5) is 4.97. The van der Waals surface area contributed by atoms with Crippen molar-refractivity contribution in [1.29, 1.82) is 0 Å². The molecule has 22 heavy (non-hydrogen) atoms. The van der Waals surface area contributed by atoms with Gasteiger partial charge in [0.05, 0.1) is 13.2 Å². The van der Waals surface area contributed by atoms with Crippen LogP contribution in [-0.4, -0.2) is 19.4 Å². The summed E-state index contributed by atoms with van der Waals surface area (Å²) < 4.78 is 5.21. The quantitative estimate of drug-likeness (QED) is 0.737. The fraction of sp³-hybridized carbons (Fsp3) is 0.650. The van der Waals surface area contributed by atoms with Crippen molar-refractivity contribution in [2.24, 2.45) is 28.2 Å². The molecule has 4 saturated carbocycles. The van der Waals surface area contributed by atoms with E-state index >= 15 is 0 Å². The summed E-state index contributed by atoms with van der Waals surface area (Å²) in [7, 11) is 1.71. The SMILES string of the molecule is COc1ccc(C=N[C@@H](C)C23CC4CC(CC(C4)C2)C3)cc1. The molecule has 4 fully saturated rings. The van der Waals surface area contributed by atoms with Crippen LogP contribution in [0.5, 0.6) is 5.75 Å². The van der Waals surface area contributed by atoms with Gasteiger partial charge in [0.15, 0.2) is 0 Å². The molecule has 4 aliphatic carbocycles. The maximum Gasteiger partial charge on any atom is 0.118 e. The van der Waals surface area contributed by atoms with E-state index in [9.17, 15) is 0 Å². The topological polar surface area (TPSA) is 21.6 Å². The number of benzene rings is 1. The number of methoxy groups -OCH3 is 1. The van der Waals surface area contributed by atoms with Crippen LogP contribution in [0.2, 0.25) is 0 Å². The molecular formula is C20H27NO. The van der Waals surface area contributed by atoms with Crippen LogP contribution in [0.25, 0.3) is 0 Å². The standard InChI is InChI=1S/C20H27NO/c1-14(21-13-15-3-5-19(22-2)6-4-15)20-10-16-7-17(11-20)9-18(8-16)12-20/h3-6,13-14,16-18H,7-12H2,1-2H3/t14-,16?,17?,18?,20?/m0/s1. The summed E-state index contributed by atoms with van der Waals surface area (Å²) in [5, 5.41) is 0. The second-order valence-corrected chi connectivity index (χ2v) is 8.01. The molecule has 0 N–H and O–H groups in total. The Kier molecular flexibility index (Phi) is 3.51. The second kappa shape index (κ2) is 5.40. The Labute approximate surface area is 134 Å². The lowest BCUT2D eigenvalue weighted by Crippen LogP contribution is -2.50. The summed E-state index contributed by atoms with van der Waals surface area (Å²) in [5.41, 5.74) is 1.69. The molecule has 118 valence electrons. The van der Waals surface area contributed by atoms with E-state index in [-0.39, 0.29) is 0 Å². The van der Waals surface area contributed by atoms with Crippen molar-refractivity contribution in [2.45, 2.75) is 51.5 Å². The third-order valence-electron chi connectivity index (χ3n) is 6.53. The second-order valence-electron chi connectivity index (χ2n) is 8.01. The van der Waals surface area contributed by atoms with Gasteiger partial charge in [0.1, 0.15) is 5.75 Å². The van der Waals surface area contributed by atoms with Gasteiger partial charge in [0.2, 0.25) is 0 Å². The molecule has 4 bridgehead atoms. The van der Waals surface area contributed by atoms with Crippen LogP contribution >= 0.6 is 0 Å². The van der Waals surface area contributed by atoms with Crippen molar-refractivity contribution in [1.82, 2.24) is 0 Å². The summed E-state index contributed by atoms with van der Waals surface area (Å²) >= 11 is 0. The zero-order valence-electron chi connectivity index (χ0n) is 13.8. The van der Waals surface area contributed by atoms with E-state index in [0.29, 0.717) is 11.5 Å². The van der Waals surface area contributed by atoms with Crippen molar-refractivity contribution >= 4 is 6.21 Å². The van der Waals surface area contributed by atoms with Crippen LogP contribution in [0.3, 0.4) is 0 Å². The first-order valence-electron chi connectivity index (χ1n) is 8.84. The molecule has 2 heteroatoms. The van der Waals surface area contributed by atoms with Gasteiger partial charge >= 0.3 is 0 Å². The molecule has 2 nitrogen and oxygen atoms in total. The third-order valence-corrected chi connectivity index (χ3v) is 6.53. The van der Waals surface area contributed by atoms with Gasteiger partial charge in [-0.15, -0.1) is 0 Å². The molecule has 1 atom stereocenters. The molecule has 0 unspecified atom stereocenters. The number of ether oxygens (including phenoxy) is 1. The van der Waals surface area contributed by atoms with Crippen LogP contribution < -0.4 is 4.74 Å². The predicted octanol–water partition coefficient (Wildman–Crippen LogP) is 4.72. The highest BCUT2D eigenvalue weighted by Crippen LogP contribution is 2.61. The third kappa shape index (κ3) is 2.47. The molecule has 1 aromatic rings. The van der Waals surface area contributed by atoms with E-state index in [1.165, 1.54) is 44.1 Å². The van der Waals surface area contributed by atoms with Gasteiger partial charge in [-0.1, -0.05) is 0 Å². The van der Waals surface area contributed by atoms with Crippen molar-refractivity contribution in [3.8, 4) is 5.75 Å². The van der Waals surface area contributed by atoms with Crippen LogP contribution in [0.1, 0.15) is 51.0 Å². The first kappa shape index (κ1) is 14.3. The smallest absolute Gasteiger partial charge is 0.118 e. The van der Waals surface area contributed by atoms with Crippen molar-refractivity contribution in [2.75, 3.05) is 7.11 Å². The van der Waals surface area contributed by atoms with Gasteiger partial charge < -0.3 is 4.74 Å². The summed E-state index contributed by atoms with van der Waals surface area (Å²) in [6.07, 6.45) is 10.9. The highest BCUT2D eigenvalue weighted by molar-refractivity contribution is 5.79. The lowest BCUT2D eigenvalue weighted by molar-refractivity contribution is -0.0632. The monoisotopic (exact) mass is 297 g/mol. The minimum absolute atomic E-state index is 0.461. The maximum absolute atomic E-state index is 5.21. The number of nitrogens with zero attached hydrogens (tertiary/aromatic N) is 1. The number of aliphatic imine (C=N–C) groups is 1. The number of rotatable bonds is 4. The van der Waals surface area contributed by atoms with Crippen LogP contribution in [0.15, 0.2) is 29.3 Å². The predicted molar refractivity (Wildman–Crippen MR) is 90.7 cm³/mol. The average Bonchev–Trinajstić information content (AvgIpc) is 2.51. The van der Waals surface area contributed by atoms with Gasteiger partial charge in [0.25, 0.3) is 0 Å². The molecule has 0 spiro atoms. The van der Waals surface area contributed by atoms with Gasteiger partial charge in [-0.25, -0.2) is 0 Å². The van der Waals surface area contributed by atoms with E-state index in [1.54, 1.807) is 7.11 Å². The van der Waals surface area contributed by atoms with Crippen molar-refractivity contribution in [3.05, 3.63) is 29.8 Å². The van der Waals surface area contributed by atoms with Gasteiger partial charge in [-0.3, -0.25) is 4.99 Å². The van der Waals surface area contributed by atoms with Crippen LogP contribution in [0.4, 0.5) is 0 Å². The van der Waals surface area contributed by atoms with E-state index in [0.717, 1.165) is 23.5 Å². The molecular weight excluding hydrogens is 270 g/mol. The summed E-state index contributed by atoms with van der Waals surface area (Å²) in [5.74, 6) is 3.92. The average molecular weight is 297 g/mol. The Balaban J connectivity index is 1.49. The molecule has 1 aromatic carbocycles. The zero-order valence-corrected chi connectivity index (χ0v) is 13.8. The first-order chi connectivity index (χ1) is 10.7. The summed E-state index contributed by atoms with van der Waals surface area (Å²) in [6, 6.07) is 8.67. The van der Waals surface area contributed by atoms with Gasteiger partial charge in [-0.2, -0.15) is 0 Å². The van der Waals surface area contributed by atoms with Crippen molar-refractivity contribution in [3.63, 3.8) is 0 Å². The largest absolute Gasteiger partial charge is 0.497 e. The zero-order chi connectivity index (χ0) is 15.2. The van der Waals surface area contributed by atoms with E-state index < -0.39 is 0 Å². The number of hydrogen-bond donors (Lipinski definition) is 0. The first-order valence-corrected chi connectivity index (χ1v) is 8.84. The Morgan fingerprint density at radius 2 is 1.59 bits per heavy atom. The maximum atomic E-state index is 5.21. The molecule has 0 radical (unpaired) electrons. The normalized spacial score (nSPS) is 37.6. The van der Waals surface area contributed by atoms with E-state index in [1.807, 2.05) is 12.1 Å². The lowest BCUT2D eigenvalue weighted by atomic mass is 9.48. The highest BCUT2D eigenvalue weighted by Gasteiger charge is 2.53. The molecule has 0 amide bonds. The molecule has 5 rings (SSSR count). The lowest BCUT2D eigenvalue weighted by Gasteiger charge is -2.58. The fourth-order valence-electron chi connectivity index (χ4n) is 5.74. The minimum atomic E-state index is 0.461. The molecule has 0 aromatic heterocycles. The molecule has 0 heterocycles. The van der Waals surface area contributed by atoms with Crippen molar-refractivity contribution < 1.29 is 4.74 Å². The molecule has 0 aliphatic heterocycles. The van der Waals surface area contributed by atoms with E-state index in [4.69, 9.17) is 9.73 Å². The highest BCUT2D eigenvalue weighted by atomic mass is 16.5. The molecule has 4 aliphatic rings. The Morgan fingerprint density at radius 3 is 2.09 bits per heavy atom. The van der Waals surface area contributed by atoms with Crippen LogP contribution in [0, 0.1) is 23.2 Å². The Hall–Kier alpha value is -1.31. The van der Waals surface area contributed by atoms with E-state index in [2.05, 4.69) is 25.3 Å². The summed E-state index contributed by atoms with van der Waals surface area (Å²) in [6.45, 7) is 2.35. The minimum Gasteiger partial charge on any atom is -0.497 e. The Bertz CT molecular complexity index is 524. The molecule has 0 saturated heterocycles. The van der Waals surface area contributed by atoms with Gasteiger partial charge in [0, 0.05) is 6.21 Å². The fourth-order valence-corrected chi connectivity index (χ4v) is 5.74. The van der Waals surface area contributed by atoms with Crippen LogP contribution in [-0.2, 0) is 0 Å². The van der Waals surface area contributed by atoms with Gasteiger partial charge in [-0.05, 0) is 98.4 Å². The Morgan fingerprint density at radius 1 is 1.05 bits per heavy atom.